The first kappa shape index (κ1) is 8.81. The largest absolute Gasteiger partial charge is 0.508 e. The van der Waals surface area contributed by atoms with E-state index in [1.54, 1.807) is 24.3 Å². The lowest BCUT2D eigenvalue weighted by Gasteiger charge is -1.96. The SMILES string of the molecule is OC/C=C/Cc1cccc(O)c1. The van der Waals surface area contributed by atoms with Crippen LogP contribution in [0.4, 0.5) is 0 Å². The second-order valence-corrected chi connectivity index (χ2v) is 2.53. The quantitative estimate of drug-likeness (QED) is 0.664. The van der Waals surface area contributed by atoms with Crippen molar-refractivity contribution in [2.75, 3.05) is 6.61 Å². The molecule has 0 radical (unpaired) electrons. The normalized spacial score (nSPS) is 10.8. The molecule has 1 aromatic rings. The van der Waals surface area contributed by atoms with Gasteiger partial charge in [0.25, 0.3) is 0 Å². The molecule has 64 valence electrons. The van der Waals surface area contributed by atoms with Crippen molar-refractivity contribution in [1.82, 2.24) is 0 Å². The molecule has 12 heavy (non-hydrogen) atoms. The van der Waals surface area contributed by atoms with E-state index >= 15 is 0 Å². The molecule has 0 saturated heterocycles. The lowest BCUT2D eigenvalue weighted by molar-refractivity contribution is 0.342. The second-order valence-electron chi connectivity index (χ2n) is 2.53. The highest BCUT2D eigenvalue weighted by atomic mass is 16.3. The molecule has 2 nitrogen and oxygen atoms in total. The highest BCUT2D eigenvalue weighted by molar-refractivity contribution is 5.28. The number of aliphatic hydroxyl groups excluding tert-OH is 1. The van der Waals surface area contributed by atoms with E-state index in [0.29, 0.717) is 0 Å². The molecule has 0 aliphatic heterocycles. The van der Waals surface area contributed by atoms with Gasteiger partial charge in [0, 0.05) is 0 Å². The Labute approximate surface area is 71.8 Å². The van der Waals surface area contributed by atoms with E-state index in [-0.39, 0.29) is 12.4 Å². The zero-order chi connectivity index (χ0) is 8.81. The summed E-state index contributed by atoms with van der Waals surface area (Å²) in [4.78, 5) is 0. The molecular weight excluding hydrogens is 152 g/mol. The van der Waals surface area contributed by atoms with E-state index in [0.717, 1.165) is 12.0 Å². The van der Waals surface area contributed by atoms with Gasteiger partial charge in [0.15, 0.2) is 0 Å². The summed E-state index contributed by atoms with van der Waals surface area (Å²) in [6, 6.07) is 7.08. The van der Waals surface area contributed by atoms with Crippen LogP contribution in [0.1, 0.15) is 5.56 Å². The number of aromatic hydroxyl groups is 1. The Bertz CT molecular complexity index is 266. The molecule has 0 spiro atoms. The van der Waals surface area contributed by atoms with Crippen LogP contribution in [0.15, 0.2) is 36.4 Å². The van der Waals surface area contributed by atoms with E-state index < -0.39 is 0 Å². The van der Waals surface area contributed by atoms with Crippen molar-refractivity contribution >= 4 is 0 Å². The first-order valence-corrected chi connectivity index (χ1v) is 3.86. The molecule has 1 rings (SSSR count). The molecule has 2 N–H and O–H groups in total. The summed E-state index contributed by atoms with van der Waals surface area (Å²) < 4.78 is 0. The second kappa shape index (κ2) is 4.57. The van der Waals surface area contributed by atoms with Crippen LogP contribution in [0.5, 0.6) is 5.75 Å². The topological polar surface area (TPSA) is 40.5 Å². The average Bonchev–Trinajstić information content (AvgIpc) is 2.05. The smallest absolute Gasteiger partial charge is 0.115 e. The number of hydrogen-bond acceptors (Lipinski definition) is 2. The summed E-state index contributed by atoms with van der Waals surface area (Å²) in [5, 5.41) is 17.6. The summed E-state index contributed by atoms with van der Waals surface area (Å²) in [7, 11) is 0. The van der Waals surface area contributed by atoms with Crippen molar-refractivity contribution in [2.24, 2.45) is 0 Å². The minimum absolute atomic E-state index is 0.0683. The summed E-state index contributed by atoms with van der Waals surface area (Å²) in [6.45, 7) is 0.0683. The van der Waals surface area contributed by atoms with Gasteiger partial charge >= 0.3 is 0 Å². The van der Waals surface area contributed by atoms with Gasteiger partial charge in [-0.1, -0.05) is 24.3 Å². The lowest BCUT2D eigenvalue weighted by Crippen LogP contribution is -1.80. The highest BCUT2D eigenvalue weighted by Crippen LogP contribution is 2.11. The Morgan fingerprint density at radius 2 is 2.08 bits per heavy atom. The summed E-state index contributed by atoms with van der Waals surface area (Å²) in [6.07, 6.45) is 4.30. The van der Waals surface area contributed by atoms with Crippen LogP contribution in [0.25, 0.3) is 0 Å². The van der Waals surface area contributed by atoms with Crippen LogP contribution in [-0.4, -0.2) is 16.8 Å². The highest BCUT2D eigenvalue weighted by Gasteiger charge is 1.90. The summed E-state index contributed by atoms with van der Waals surface area (Å²) in [5.74, 6) is 0.282. The van der Waals surface area contributed by atoms with Crippen molar-refractivity contribution in [3.8, 4) is 5.75 Å². The molecule has 0 bridgehead atoms. The van der Waals surface area contributed by atoms with Gasteiger partial charge in [-0.25, -0.2) is 0 Å². The fraction of sp³-hybridized carbons (Fsp3) is 0.200. The molecule has 0 aliphatic carbocycles. The number of hydrogen-bond donors (Lipinski definition) is 2. The van der Waals surface area contributed by atoms with Gasteiger partial charge < -0.3 is 10.2 Å². The van der Waals surface area contributed by atoms with Gasteiger partial charge in [-0.3, -0.25) is 0 Å². The van der Waals surface area contributed by atoms with Crippen molar-refractivity contribution in [3.05, 3.63) is 42.0 Å². The maximum Gasteiger partial charge on any atom is 0.115 e. The number of benzene rings is 1. The molecular formula is C10H12O2. The van der Waals surface area contributed by atoms with E-state index in [1.165, 1.54) is 0 Å². The number of phenols is 1. The Morgan fingerprint density at radius 3 is 2.75 bits per heavy atom. The Hall–Kier alpha value is -1.28. The molecule has 0 aliphatic rings. The van der Waals surface area contributed by atoms with Crippen molar-refractivity contribution in [1.29, 1.82) is 0 Å². The van der Waals surface area contributed by atoms with Crippen molar-refractivity contribution in [2.45, 2.75) is 6.42 Å². The van der Waals surface area contributed by atoms with Gasteiger partial charge in [-0.2, -0.15) is 0 Å². The van der Waals surface area contributed by atoms with Crippen molar-refractivity contribution in [3.63, 3.8) is 0 Å². The number of phenolic OH excluding ortho intramolecular Hbond substituents is 1. The third-order valence-corrected chi connectivity index (χ3v) is 1.54. The van der Waals surface area contributed by atoms with E-state index in [4.69, 9.17) is 10.2 Å². The molecule has 0 unspecified atom stereocenters. The maximum atomic E-state index is 9.10. The van der Waals surface area contributed by atoms with Gasteiger partial charge in [0.1, 0.15) is 5.75 Å². The minimum atomic E-state index is 0.0683. The fourth-order valence-electron chi connectivity index (χ4n) is 0.977. The zero-order valence-corrected chi connectivity index (χ0v) is 6.77. The molecule has 0 heterocycles. The Kier molecular flexibility index (Phi) is 3.35. The molecule has 1 aromatic carbocycles. The molecule has 2 heteroatoms. The first-order chi connectivity index (χ1) is 5.83. The minimum Gasteiger partial charge on any atom is -0.508 e. The molecule has 0 fully saturated rings. The van der Waals surface area contributed by atoms with Gasteiger partial charge in [-0.05, 0) is 24.1 Å². The molecule has 0 saturated carbocycles. The summed E-state index contributed by atoms with van der Waals surface area (Å²) >= 11 is 0. The van der Waals surface area contributed by atoms with Crippen LogP contribution in [-0.2, 0) is 6.42 Å². The summed E-state index contributed by atoms with van der Waals surface area (Å²) in [5.41, 5.74) is 1.04. The van der Waals surface area contributed by atoms with Gasteiger partial charge in [0.05, 0.1) is 6.61 Å². The third-order valence-electron chi connectivity index (χ3n) is 1.54. The van der Waals surface area contributed by atoms with Crippen LogP contribution >= 0.6 is 0 Å². The fourth-order valence-corrected chi connectivity index (χ4v) is 0.977. The predicted octanol–water partition coefficient (Wildman–Crippen LogP) is 1.48. The van der Waals surface area contributed by atoms with Crippen LogP contribution < -0.4 is 0 Å². The molecule has 0 atom stereocenters. The number of rotatable bonds is 3. The van der Waals surface area contributed by atoms with E-state index in [1.807, 2.05) is 12.1 Å². The number of allylic oxidation sites excluding steroid dienone is 1. The predicted molar refractivity (Wildman–Crippen MR) is 48.0 cm³/mol. The van der Waals surface area contributed by atoms with Crippen LogP contribution in [0, 0.1) is 0 Å². The standard InChI is InChI=1S/C10H12O2/c11-7-2-1-4-9-5-3-6-10(12)8-9/h1-3,5-6,8,11-12H,4,7H2/b2-1+. The van der Waals surface area contributed by atoms with E-state index in [2.05, 4.69) is 0 Å². The first-order valence-electron chi connectivity index (χ1n) is 3.86. The lowest BCUT2D eigenvalue weighted by atomic mass is 10.1. The molecule has 0 aromatic heterocycles. The van der Waals surface area contributed by atoms with Gasteiger partial charge in [0.2, 0.25) is 0 Å². The van der Waals surface area contributed by atoms with Crippen LogP contribution in [0.2, 0.25) is 0 Å². The van der Waals surface area contributed by atoms with E-state index in [9.17, 15) is 0 Å². The monoisotopic (exact) mass is 164 g/mol. The zero-order valence-electron chi connectivity index (χ0n) is 6.77. The number of aliphatic hydroxyl groups is 1. The Morgan fingerprint density at radius 1 is 1.25 bits per heavy atom. The Balaban J connectivity index is 2.57. The van der Waals surface area contributed by atoms with Crippen molar-refractivity contribution < 1.29 is 10.2 Å². The van der Waals surface area contributed by atoms with Crippen LogP contribution in [0.3, 0.4) is 0 Å². The van der Waals surface area contributed by atoms with Gasteiger partial charge in [-0.15, -0.1) is 0 Å². The maximum absolute atomic E-state index is 9.10. The average molecular weight is 164 g/mol. The third kappa shape index (κ3) is 2.76. The molecule has 0 amide bonds.